The van der Waals surface area contributed by atoms with Crippen molar-refractivity contribution in [2.24, 2.45) is 5.92 Å². The Bertz CT molecular complexity index is 296. The van der Waals surface area contributed by atoms with E-state index in [0.717, 1.165) is 12.3 Å². The lowest BCUT2D eigenvalue weighted by molar-refractivity contribution is 0.277. The Morgan fingerprint density at radius 3 is 1.59 bits per heavy atom. The highest BCUT2D eigenvalue weighted by molar-refractivity contribution is 7.79. The second-order valence-electron chi connectivity index (χ2n) is 6.00. The van der Waals surface area contributed by atoms with E-state index in [1.807, 2.05) is 0 Å². The van der Waals surface area contributed by atoms with Gasteiger partial charge >= 0.3 is 0 Å². The van der Waals surface area contributed by atoms with Gasteiger partial charge < -0.3 is 14.2 Å². The summed E-state index contributed by atoms with van der Waals surface area (Å²) in [6.45, 7) is 5.00. The molecular formula is C16H34O5S-2. The van der Waals surface area contributed by atoms with Gasteiger partial charge in [0.05, 0.1) is 0 Å². The highest BCUT2D eigenvalue weighted by Crippen LogP contribution is 2.17. The van der Waals surface area contributed by atoms with E-state index in [2.05, 4.69) is 13.8 Å². The van der Waals surface area contributed by atoms with Crippen LogP contribution in [0, 0.1) is 5.92 Å². The van der Waals surface area contributed by atoms with Gasteiger partial charge in [0.2, 0.25) is 0 Å². The Balaban J connectivity index is 0. The fraction of sp³-hybridized carbons (Fsp3) is 1.00. The molecule has 0 aliphatic heterocycles. The molecule has 22 heavy (non-hydrogen) atoms. The summed E-state index contributed by atoms with van der Waals surface area (Å²) in [5.41, 5.74) is 0. The van der Waals surface area contributed by atoms with Crippen LogP contribution < -0.4 is 0 Å². The lowest BCUT2D eigenvalue weighted by Crippen LogP contribution is -1.96. The number of rotatable bonds is 13. The van der Waals surface area contributed by atoms with Crippen LogP contribution in [0.2, 0.25) is 0 Å². The van der Waals surface area contributed by atoms with Gasteiger partial charge in [-0.1, -0.05) is 84.5 Å². The van der Waals surface area contributed by atoms with E-state index in [-0.39, 0.29) is 0 Å². The van der Waals surface area contributed by atoms with E-state index in [1.165, 1.54) is 70.6 Å². The zero-order valence-corrected chi connectivity index (χ0v) is 15.1. The Morgan fingerprint density at radius 1 is 0.818 bits per heavy atom. The van der Waals surface area contributed by atoms with Crippen molar-refractivity contribution in [2.45, 2.75) is 90.9 Å². The molecule has 136 valence electrons. The van der Waals surface area contributed by atoms with Gasteiger partial charge in [-0.3, -0.25) is 8.42 Å². The number of hydrogen-bond donors (Lipinski definition) is 1. The van der Waals surface area contributed by atoms with E-state index in [9.17, 15) is 0 Å². The van der Waals surface area contributed by atoms with Crippen LogP contribution in [0.5, 0.6) is 0 Å². The molecule has 0 aromatic heterocycles. The van der Waals surface area contributed by atoms with Crippen molar-refractivity contribution in [1.82, 2.24) is 0 Å². The van der Waals surface area contributed by atoms with E-state index >= 15 is 0 Å². The third kappa shape index (κ3) is 32.0. The minimum Gasteiger partial charge on any atom is -0.759 e. The average molecular weight is 339 g/mol. The number of aliphatic hydroxyl groups excluding tert-OH is 1. The van der Waals surface area contributed by atoms with Gasteiger partial charge in [0.1, 0.15) is 0 Å². The smallest absolute Gasteiger partial charge is 0.0431 e. The van der Waals surface area contributed by atoms with E-state index in [4.69, 9.17) is 22.6 Å². The van der Waals surface area contributed by atoms with Crippen molar-refractivity contribution in [3.8, 4) is 0 Å². The zero-order chi connectivity index (χ0) is 17.3. The molecule has 0 heterocycles. The molecule has 0 aliphatic carbocycles. The lowest BCUT2D eigenvalue weighted by Gasteiger charge is -2.10. The number of aliphatic hydroxyl groups is 1. The first-order valence-electron chi connectivity index (χ1n) is 8.58. The van der Waals surface area contributed by atoms with Gasteiger partial charge in [0.15, 0.2) is 0 Å². The quantitative estimate of drug-likeness (QED) is 0.311. The van der Waals surface area contributed by atoms with Crippen LogP contribution in [0.4, 0.5) is 0 Å². The van der Waals surface area contributed by atoms with Crippen LogP contribution in [0.1, 0.15) is 90.9 Å². The zero-order valence-electron chi connectivity index (χ0n) is 14.3. The maximum Gasteiger partial charge on any atom is 0.0431 e. The SMILES string of the molecule is CCCCCCCCCCC(C)CCCCO.O=S(=O)([O-])[O-]. The topological polar surface area (TPSA) is 100 Å². The maximum absolute atomic E-state index is 8.71. The summed E-state index contributed by atoms with van der Waals surface area (Å²) in [6.07, 6.45) is 16.3. The molecule has 0 radical (unpaired) electrons. The molecule has 0 bridgehead atoms. The summed E-state index contributed by atoms with van der Waals surface area (Å²) >= 11 is 0. The van der Waals surface area contributed by atoms with Crippen molar-refractivity contribution in [1.29, 1.82) is 0 Å². The highest BCUT2D eigenvalue weighted by Gasteiger charge is 2.01. The number of unbranched alkanes of at least 4 members (excludes halogenated alkanes) is 8. The Hall–Kier alpha value is -0.170. The normalized spacial score (nSPS) is 12.6. The first-order valence-corrected chi connectivity index (χ1v) is 9.92. The molecule has 5 nitrogen and oxygen atoms in total. The third-order valence-corrected chi connectivity index (χ3v) is 3.66. The van der Waals surface area contributed by atoms with Crippen molar-refractivity contribution in [3.05, 3.63) is 0 Å². The average Bonchev–Trinajstić information content (AvgIpc) is 2.40. The molecule has 0 saturated carbocycles. The fourth-order valence-electron chi connectivity index (χ4n) is 2.38. The van der Waals surface area contributed by atoms with Gasteiger partial charge in [0, 0.05) is 17.0 Å². The van der Waals surface area contributed by atoms with Gasteiger partial charge in [-0.15, -0.1) is 0 Å². The van der Waals surface area contributed by atoms with Crippen molar-refractivity contribution >= 4 is 10.4 Å². The minimum atomic E-state index is -5.17. The summed E-state index contributed by atoms with van der Waals surface area (Å²) in [6, 6.07) is 0. The molecule has 0 aliphatic rings. The second kappa shape index (κ2) is 17.2. The highest BCUT2D eigenvalue weighted by atomic mass is 32.3. The van der Waals surface area contributed by atoms with Crippen molar-refractivity contribution in [2.75, 3.05) is 6.61 Å². The van der Waals surface area contributed by atoms with Gasteiger partial charge in [-0.05, 0) is 12.3 Å². The predicted molar refractivity (Wildman–Crippen MR) is 87.8 cm³/mol. The van der Waals surface area contributed by atoms with E-state index < -0.39 is 10.4 Å². The standard InChI is InChI=1S/C16H34O.H2O4S/c1-3-4-5-6-7-8-9-10-13-16(2)14-11-12-15-17;1-5(2,3)4/h16-17H,3-15H2,1-2H3;(H2,1,2,3,4)/p-2. The molecule has 0 fully saturated rings. The van der Waals surface area contributed by atoms with Crippen molar-refractivity contribution < 1.29 is 22.6 Å². The third-order valence-electron chi connectivity index (χ3n) is 3.66. The lowest BCUT2D eigenvalue weighted by atomic mass is 9.97. The molecule has 1 atom stereocenters. The van der Waals surface area contributed by atoms with Crippen LogP contribution in [-0.4, -0.2) is 29.2 Å². The summed E-state index contributed by atoms with van der Waals surface area (Å²) < 4.78 is 34.1. The second-order valence-corrected chi connectivity index (χ2v) is 6.81. The summed E-state index contributed by atoms with van der Waals surface area (Å²) in [5, 5.41) is 8.71. The maximum atomic E-state index is 8.71. The van der Waals surface area contributed by atoms with Crippen LogP contribution in [0.15, 0.2) is 0 Å². The van der Waals surface area contributed by atoms with Crippen LogP contribution in [0.25, 0.3) is 0 Å². The largest absolute Gasteiger partial charge is 0.759 e. The monoisotopic (exact) mass is 338 g/mol. The number of hydrogen-bond acceptors (Lipinski definition) is 5. The fourth-order valence-corrected chi connectivity index (χ4v) is 2.38. The van der Waals surface area contributed by atoms with Gasteiger partial charge in [0.25, 0.3) is 0 Å². The Labute approximate surface area is 137 Å². The first kappa shape index (κ1) is 24.1. The van der Waals surface area contributed by atoms with Gasteiger partial charge in [-0.25, -0.2) is 0 Å². The van der Waals surface area contributed by atoms with Crippen LogP contribution >= 0.6 is 0 Å². The first-order chi connectivity index (χ1) is 10.3. The molecule has 0 amide bonds. The van der Waals surface area contributed by atoms with E-state index in [0.29, 0.717) is 6.61 Å². The molecule has 0 aromatic carbocycles. The predicted octanol–water partition coefficient (Wildman–Crippen LogP) is 3.98. The minimum absolute atomic E-state index is 0.366. The molecule has 0 aromatic rings. The molecule has 1 unspecified atom stereocenters. The Morgan fingerprint density at radius 2 is 1.18 bits per heavy atom. The Kier molecular flexibility index (Phi) is 18.8. The van der Waals surface area contributed by atoms with E-state index in [1.54, 1.807) is 0 Å². The summed E-state index contributed by atoms with van der Waals surface area (Å²) in [4.78, 5) is 0. The molecule has 0 rings (SSSR count). The molecule has 1 N–H and O–H groups in total. The molecule has 6 heteroatoms. The molecule has 0 spiro atoms. The molecular weight excluding hydrogens is 304 g/mol. The van der Waals surface area contributed by atoms with Gasteiger partial charge in [-0.2, -0.15) is 0 Å². The summed E-state index contributed by atoms with van der Waals surface area (Å²) in [5.74, 6) is 0.863. The van der Waals surface area contributed by atoms with Crippen molar-refractivity contribution in [3.63, 3.8) is 0 Å². The van der Waals surface area contributed by atoms with Crippen LogP contribution in [-0.2, 0) is 10.4 Å². The molecule has 0 saturated heterocycles. The summed E-state index contributed by atoms with van der Waals surface area (Å²) in [7, 11) is -5.17. The van der Waals surface area contributed by atoms with Crippen LogP contribution in [0.3, 0.4) is 0 Å².